The first-order valence-corrected chi connectivity index (χ1v) is 7.31. The van der Waals surface area contributed by atoms with Crippen LogP contribution in [0.4, 0.5) is 14.5 Å². The van der Waals surface area contributed by atoms with Crippen LogP contribution in [0.2, 0.25) is 0 Å². The Bertz CT molecular complexity index is 496. The van der Waals surface area contributed by atoms with Crippen molar-refractivity contribution in [1.82, 2.24) is 10.2 Å². The van der Waals surface area contributed by atoms with Gasteiger partial charge in [0.05, 0.1) is 5.69 Å². The topological polar surface area (TPSA) is 30.9 Å². The summed E-state index contributed by atoms with van der Waals surface area (Å²) in [6.45, 7) is 5.75. The molecule has 0 amide bonds. The molecule has 116 valence electrons. The molecule has 6 heteroatoms. The van der Waals surface area contributed by atoms with E-state index in [1.807, 2.05) is 4.90 Å². The molecule has 1 aliphatic heterocycles. The largest absolute Gasteiger partial charge is 0.366 e. The van der Waals surface area contributed by atoms with Gasteiger partial charge in [-0.2, -0.15) is 0 Å². The van der Waals surface area contributed by atoms with Gasteiger partial charge in [0.15, 0.2) is 5.96 Å². The summed E-state index contributed by atoms with van der Waals surface area (Å²) in [7, 11) is 1.76. The number of halogens is 2. The minimum absolute atomic E-state index is 0.339. The van der Waals surface area contributed by atoms with Gasteiger partial charge in [0.1, 0.15) is 11.6 Å². The standard InChI is InChI=1S/C15H22F2N4/c1-3-6-19-15(18-2)21-9-7-20(8-10-21)14-11-12(16)4-5-13(14)17/h4-5,11H,3,6-10H2,1-2H3,(H,18,19). The molecule has 1 aliphatic rings. The second kappa shape index (κ2) is 7.24. The average molecular weight is 296 g/mol. The summed E-state index contributed by atoms with van der Waals surface area (Å²) in [4.78, 5) is 8.28. The van der Waals surface area contributed by atoms with Crippen molar-refractivity contribution in [3.63, 3.8) is 0 Å². The third kappa shape index (κ3) is 3.83. The molecule has 0 spiro atoms. The quantitative estimate of drug-likeness (QED) is 0.684. The number of hydrogen-bond acceptors (Lipinski definition) is 2. The highest BCUT2D eigenvalue weighted by molar-refractivity contribution is 5.80. The molecule has 0 atom stereocenters. The zero-order valence-electron chi connectivity index (χ0n) is 12.6. The van der Waals surface area contributed by atoms with Crippen LogP contribution in [0.1, 0.15) is 13.3 Å². The van der Waals surface area contributed by atoms with Gasteiger partial charge < -0.3 is 15.1 Å². The number of guanidine groups is 1. The number of piperazine rings is 1. The first-order valence-electron chi connectivity index (χ1n) is 7.31. The maximum Gasteiger partial charge on any atom is 0.193 e. The number of benzene rings is 1. The van der Waals surface area contributed by atoms with E-state index in [1.165, 1.54) is 12.1 Å². The lowest BCUT2D eigenvalue weighted by molar-refractivity contribution is 0.370. The van der Waals surface area contributed by atoms with Crippen LogP contribution >= 0.6 is 0 Å². The third-order valence-electron chi connectivity index (χ3n) is 3.57. The maximum absolute atomic E-state index is 13.8. The predicted molar refractivity (Wildman–Crippen MR) is 81.8 cm³/mol. The third-order valence-corrected chi connectivity index (χ3v) is 3.57. The minimum Gasteiger partial charge on any atom is -0.366 e. The molecule has 0 bridgehead atoms. The van der Waals surface area contributed by atoms with Crippen LogP contribution in [0.3, 0.4) is 0 Å². The Morgan fingerprint density at radius 3 is 2.57 bits per heavy atom. The van der Waals surface area contributed by atoms with E-state index in [1.54, 1.807) is 7.05 Å². The molecule has 0 radical (unpaired) electrons. The highest BCUT2D eigenvalue weighted by atomic mass is 19.1. The Morgan fingerprint density at radius 1 is 1.24 bits per heavy atom. The Morgan fingerprint density at radius 2 is 1.95 bits per heavy atom. The maximum atomic E-state index is 13.8. The summed E-state index contributed by atoms with van der Waals surface area (Å²) in [5.74, 6) is 0.0869. The monoisotopic (exact) mass is 296 g/mol. The van der Waals surface area contributed by atoms with E-state index in [0.29, 0.717) is 18.8 Å². The van der Waals surface area contributed by atoms with Crippen LogP contribution in [0.5, 0.6) is 0 Å². The number of hydrogen-bond donors (Lipinski definition) is 1. The number of nitrogens with one attached hydrogen (secondary N) is 1. The molecule has 1 aromatic rings. The molecule has 1 fully saturated rings. The Labute approximate surface area is 124 Å². The lowest BCUT2D eigenvalue weighted by Crippen LogP contribution is -2.52. The van der Waals surface area contributed by atoms with Gasteiger partial charge in [-0.05, 0) is 18.6 Å². The Balaban J connectivity index is 1.98. The van der Waals surface area contributed by atoms with Crippen molar-refractivity contribution in [2.24, 2.45) is 4.99 Å². The van der Waals surface area contributed by atoms with Crippen molar-refractivity contribution in [2.75, 3.05) is 44.7 Å². The van der Waals surface area contributed by atoms with E-state index in [9.17, 15) is 8.78 Å². The smallest absolute Gasteiger partial charge is 0.193 e. The number of aliphatic imine (C=N–C) groups is 1. The Hall–Kier alpha value is -1.85. The average Bonchev–Trinajstić information content (AvgIpc) is 2.51. The molecule has 21 heavy (non-hydrogen) atoms. The van der Waals surface area contributed by atoms with Gasteiger partial charge in [0, 0.05) is 45.8 Å². The molecule has 1 aromatic carbocycles. The summed E-state index contributed by atoms with van der Waals surface area (Å²) >= 11 is 0. The van der Waals surface area contributed by atoms with Gasteiger partial charge in [-0.1, -0.05) is 6.92 Å². The van der Waals surface area contributed by atoms with Crippen molar-refractivity contribution in [2.45, 2.75) is 13.3 Å². The van der Waals surface area contributed by atoms with Crippen molar-refractivity contribution in [3.8, 4) is 0 Å². The molecule has 0 unspecified atom stereocenters. The van der Waals surface area contributed by atoms with E-state index in [-0.39, 0.29) is 5.82 Å². The van der Waals surface area contributed by atoms with Crippen LogP contribution in [0.15, 0.2) is 23.2 Å². The highest BCUT2D eigenvalue weighted by Gasteiger charge is 2.21. The van der Waals surface area contributed by atoms with Gasteiger partial charge in [-0.3, -0.25) is 4.99 Å². The summed E-state index contributed by atoms with van der Waals surface area (Å²) < 4.78 is 27.1. The fourth-order valence-corrected chi connectivity index (χ4v) is 2.46. The van der Waals surface area contributed by atoms with E-state index in [0.717, 1.165) is 38.1 Å². The molecule has 4 nitrogen and oxygen atoms in total. The van der Waals surface area contributed by atoms with Gasteiger partial charge in [-0.25, -0.2) is 8.78 Å². The molecule has 2 rings (SSSR count). The second-order valence-corrected chi connectivity index (χ2v) is 5.04. The lowest BCUT2D eigenvalue weighted by Gasteiger charge is -2.37. The SMILES string of the molecule is CCCNC(=NC)N1CCN(c2cc(F)ccc2F)CC1. The zero-order valence-corrected chi connectivity index (χ0v) is 12.6. The second-order valence-electron chi connectivity index (χ2n) is 5.04. The van der Waals surface area contributed by atoms with Gasteiger partial charge in [0.25, 0.3) is 0 Å². The molecule has 1 N–H and O–H groups in total. The van der Waals surface area contributed by atoms with Crippen LogP contribution in [-0.2, 0) is 0 Å². The fraction of sp³-hybridized carbons (Fsp3) is 0.533. The molecular formula is C15H22F2N4. The van der Waals surface area contributed by atoms with Crippen molar-refractivity contribution in [1.29, 1.82) is 0 Å². The van der Waals surface area contributed by atoms with E-state index in [2.05, 4.69) is 22.1 Å². The normalized spacial score (nSPS) is 16.3. The number of anilines is 1. The van der Waals surface area contributed by atoms with Gasteiger partial charge in [-0.15, -0.1) is 0 Å². The first-order chi connectivity index (χ1) is 10.2. The zero-order chi connectivity index (χ0) is 15.2. The summed E-state index contributed by atoms with van der Waals surface area (Å²) in [5.41, 5.74) is 0.339. The van der Waals surface area contributed by atoms with Crippen molar-refractivity contribution in [3.05, 3.63) is 29.8 Å². The molecule has 0 aliphatic carbocycles. The van der Waals surface area contributed by atoms with Crippen LogP contribution in [-0.4, -0.2) is 50.6 Å². The Kier molecular flexibility index (Phi) is 5.36. The van der Waals surface area contributed by atoms with E-state index in [4.69, 9.17) is 0 Å². The fourth-order valence-electron chi connectivity index (χ4n) is 2.46. The van der Waals surface area contributed by atoms with Crippen LogP contribution < -0.4 is 10.2 Å². The van der Waals surface area contributed by atoms with Crippen molar-refractivity contribution < 1.29 is 8.78 Å². The predicted octanol–water partition coefficient (Wildman–Crippen LogP) is 2.07. The number of nitrogens with zero attached hydrogens (tertiary/aromatic N) is 3. The van der Waals surface area contributed by atoms with Gasteiger partial charge >= 0.3 is 0 Å². The van der Waals surface area contributed by atoms with E-state index >= 15 is 0 Å². The summed E-state index contributed by atoms with van der Waals surface area (Å²) in [6, 6.07) is 3.58. The van der Waals surface area contributed by atoms with Crippen molar-refractivity contribution >= 4 is 11.6 Å². The summed E-state index contributed by atoms with van der Waals surface area (Å²) in [5, 5.41) is 3.29. The molecule has 0 aromatic heterocycles. The van der Waals surface area contributed by atoms with Crippen LogP contribution in [0, 0.1) is 11.6 Å². The molecular weight excluding hydrogens is 274 g/mol. The lowest BCUT2D eigenvalue weighted by atomic mass is 10.2. The molecule has 1 heterocycles. The first kappa shape index (κ1) is 15.5. The summed E-state index contributed by atoms with van der Waals surface area (Å²) in [6.07, 6.45) is 1.04. The van der Waals surface area contributed by atoms with E-state index < -0.39 is 5.82 Å². The minimum atomic E-state index is -0.408. The van der Waals surface area contributed by atoms with Gasteiger partial charge in [0.2, 0.25) is 0 Å². The molecule has 0 saturated carbocycles. The molecule has 1 saturated heterocycles. The number of rotatable bonds is 3. The highest BCUT2D eigenvalue weighted by Crippen LogP contribution is 2.21. The van der Waals surface area contributed by atoms with Crippen LogP contribution in [0.25, 0.3) is 0 Å².